The number of aliphatic hydroxyl groups excluding tert-OH is 1. The van der Waals surface area contributed by atoms with Crippen LogP contribution in [-0.2, 0) is 14.2 Å². The summed E-state index contributed by atoms with van der Waals surface area (Å²) in [4.78, 5) is 2.84. The van der Waals surface area contributed by atoms with Gasteiger partial charge in [-0.3, -0.25) is 0 Å². The SMILES string of the molecule is N=[N+]=NCCOCCOCCOCCO. The van der Waals surface area contributed by atoms with Gasteiger partial charge >= 0.3 is 0 Å². The molecule has 0 aromatic heterocycles. The molecule has 0 radical (unpaired) electrons. The third-order valence-corrected chi connectivity index (χ3v) is 1.39. The third kappa shape index (κ3) is 13.2. The zero-order valence-electron chi connectivity index (χ0n) is 8.72. The highest BCUT2D eigenvalue weighted by Crippen LogP contribution is 1.81. The highest BCUT2D eigenvalue weighted by atomic mass is 16.5. The third-order valence-electron chi connectivity index (χ3n) is 1.39. The monoisotopic (exact) mass is 220 g/mol. The minimum absolute atomic E-state index is 0.0354. The number of aliphatic hydroxyl groups is 1. The number of ether oxygens (including phenoxy) is 3. The van der Waals surface area contributed by atoms with Gasteiger partial charge in [0.05, 0.1) is 46.2 Å². The molecule has 15 heavy (non-hydrogen) atoms. The fourth-order valence-corrected chi connectivity index (χ4v) is 0.762. The average molecular weight is 220 g/mol. The van der Waals surface area contributed by atoms with E-state index < -0.39 is 0 Å². The van der Waals surface area contributed by atoms with E-state index in [1.165, 1.54) is 0 Å². The molecular weight excluding hydrogens is 202 g/mol. The van der Waals surface area contributed by atoms with Crippen LogP contribution >= 0.6 is 0 Å². The molecule has 0 unspecified atom stereocenters. The van der Waals surface area contributed by atoms with E-state index in [1.54, 1.807) is 0 Å². The van der Waals surface area contributed by atoms with Crippen molar-refractivity contribution in [2.24, 2.45) is 5.11 Å². The van der Waals surface area contributed by atoms with Crippen molar-refractivity contribution in [3.8, 4) is 0 Å². The van der Waals surface area contributed by atoms with Gasteiger partial charge in [0.15, 0.2) is 0 Å². The van der Waals surface area contributed by atoms with Gasteiger partial charge in [0, 0.05) is 0 Å². The van der Waals surface area contributed by atoms with Crippen LogP contribution < -0.4 is 4.91 Å². The summed E-state index contributed by atoms with van der Waals surface area (Å²) in [5, 5.41) is 11.8. The smallest absolute Gasteiger partial charge is 0.214 e. The first-order chi connectivity index (χ1) is 7.41. The van der Waals surface area contributed by atoms with Crippen LogP contribution in [0.4, 0.5) is 0 Å². The number of hydrogen-bond donors (Lipinski definition) is 2. The number of hydrogen-bond acceptors (Lipinski definition) is 6. The quantitative estimate of drug-likeness (QED) is 0.280. The molecule has 0 aromatic carbocycles. The van der Waals surface area contributed by atoms with E-state index in [0.29, 0.717) is 46.2 Å². The summed E-state index contributed by atoms with van der Waals surface area (Å²) in [7, 11) is 0. The van der Waals surface area contributed by atoms with Gasteiger partial charge in [0.2, 0.25) is 4.91 Å². The van der Waals surface area contributed by atoms with Crippen molar-refractivity contribution in [2.75, 3.05) is 52.8 Å². The van der Waals surface area contributed by atoms with Crippen LogP contribution in [0.1, 0.15) is 0 Å². The number of nitrogens with zero attached hydrogens (tertiary/aromatic N) is 2. The van der Waals surface area contributed by atoms with E-state index in [-0.39, 0.29) is 6.61 Å². The highest BCUT2D eigenvalue weighted by molar-refractivity contribution is 4.36. The van der Waals surface area contributed by atoms with Crippen LogP contribution in [0.25, 0.3) is 0 Å². The molecule has 0 saturated heterocycles. The molecule has 0 bridgehead atoms. The molecule has 7 nitrogen and oxygen atoms in total. The van der Waals surface area contributed by atoms with E-state index in [2.05, 4.69) is 10.0 Å². The Kier molecular flexibility index (Phi) is 12.4. The Morgan fingerprint density at radius 2 is 1.47 bits per heavy atom. The van der Waals surface area contributed by atoms with E-state index in [9.17, 15) is 0 Å². The molecule has 0 aliphatic rings. The first-order valence-electron chi connectivity index (χ1n) is 4.79. The predicted octanol–water partition coefficient (Wildman–Crippen LogP) is -0.421. The lowest BCUT2D eigenvalue weighted by molar-refractivity contribution is 0.00879. The molecule has 2 N–H and O–H groups in total. The van der Waals surface area contributed by atoms with E-state index >= 15 is 0 Å². The molecule has 88 valence electrons. The van der Waals surface area contributed by atoms with E-state index in [0.717, 1.165) is 0 Å². The Labute approximate surface area is 88.6 Å². The van der Waals surface area contributed by atoms with Crippen molar-refractivity contribution < 1.29 is 19.3 Å². The van der Waals surface area contributed by atoms with Crippen LogP contribution in [0.2, 0.25) is 0 Å². The maximum atomic E-state index is 8.39. The molecular formula is C8H18N3O4+. The van der Waals surface area contributed by atoms with Gasteiger partial charge in [-0.15, -0.1) is 0 Å². The molecule has 0 aliphatic carbocycles. The van der Waals surface area contributed by atoms with Gasteiger partial charge in [-0.2, -0.15) is 0 Å². The fourth-order valence-electron chi connectivity index (χ4n) is 0.762. The molecule has 0 rings (SSSR count). The molecule has 0 amide bonds. The normalized spacial score (nSPS) is 9.93. The Hall–Kier alpha value is -0.850. The van der Waals surface area contributed by atoms with Gasteiger partial charge in [0.25, 0.3) is 0 Å². The maximum Gasteiger partial charge on any atom is 0.214 e. The topological polar surface area (TPSA) is 98.2 Å². The first kappa shape index (κ1) is 14.2. The van der Waals surface area contributed by atoms with Crippen molar-refractivity contribution in [3.63, 3.8) is 0 Å². The summed E-state index contributed by atoms with van der Waals surface area (Å²) in [6, 6.07) is 0. The fraction of sp³-hybridized carbons (Fsp3) is 1.00. The molecule has 0 aromatic rings. The van der Waals surface area contributed by atoms with Crippen LogP contribution in [0.15, 0.2) is 5.11 Å². The van der Waals surface area contributed by atoms with Gasteiger partial charge in [-0.1, -0.05) is 0 Å². The van der Waals surface area contributed by atoms with Crippen LogP contribution in [-0.4, -0.2) is 57.9 Å². The summed E-state index contributed by atoms with van der Waals surface area (Å²) in [6.45, 7) is 3.21. The lowest BCUT2D eigenvalue weighted by atomic mass is 10.7. The standard InChI is InChI=1S/C8H18N3O4/c9-11-10-1-3-13-5-7-15-8-6-14-4-2-12/h9,12H,1-8H2/q+1. The predicted molar refractivity (Wildman–Crippen MR) is 51.7 cm³/mol. The number of nitrogens with one attached hydrogen (secondary N) is 1. The summed E-state index contributed by atoms with van der Waals surface area (Å²) in [6.07, 6.45) is 0. The van der Waals surface area contributed by atoms with Crippen molar-refractivity contribution in [1.82, 2.24) is 4.91 Å². The second kappa shape index (κ2) is 13.2. The Balaban J connectivity index is 2.89. The van der Waals surface area contributed by atoms with Crippen molar-refractivity contribution in [1.29, 1.82) is 5.53 Å². The van der Waals surface area contributed by atoms with Crippen molar-refractivity contribution >= 4 is 0 Å². The number of rotatable bonds is 11. The molecule has 0 fully saturated rings. The zero-order valence-corrected chi connectivity index (χ0v) is 8.72. The first-order valence-corrected chi connectivity index (χ1v) is 4.79. The largest absolute Gasteiger partial charge is 0.394 e. The highest BCUT2D eigenvalue weighted by Gasteiger charge is 1.92. The molecule has 0 spiro atoms. The summed E-state index contributed by atoms with van der Waals surface area (Å²) < 4.78 is 15.3. The molecule has 0 saturated carbocycles. The zero-order chi connectivity index (χ0) is 11.2. The van der Waals surface area contributed by atoms with E-state index in [1.807, 2.05) is 0 Å². The minimum atomic E-state index is 0.0354. The van der Waals surface area contributed by atoms with Crippen molar-refractivity contribution in [3.05, 3.63) is 0 Å². The summed E-state index contributed by atoms with van der Waals surface area (Å²) in [5.41, 5.74) is 6.38. The summed E-state index contributed by atoms with van der Waals surface area (Å²) in [5.74, 6) is 0. The van der Waals surface area contributed by atoms with Gasteiger partial charge in [0.1, 0.15) is 17.2 Å². The summed E-state index contributed by atoms with van der Waals surface area (Å²) >= 11 is 0. The second-order valence-electron chi connectivity index (χ2n) is 2.53. The van der Waals surface area contributed by atoms with Gasteiger partial charge in [-0.05, 0) is 0 Å². The molecule has 0 atom stereocenters. The van der Waals surface area contributed by atoms with Crippen molar-refractivity contribution in [2.45, 2.75) is 0 Å². The maximum absolute atomic E-state index is 8.39. The molecule has 0 aliphatic heterocycles. The molecule has 0 heterocycles. The van der Waals surface area contributed by atoms with E-state index in [4.69, 9.17) is 24.8 Å². The Morgan fingerprint density at radius 3 is 2.00 bits per heavy atom. The average Bonchev–Trinajstić information content (AvgIpc) is 2.26. The second-order valence-corrected chi connectivity index (χ2v) is 2.53. The van der Waals surface area contributed by atoms with Crippen LogP contribution in [0.3, 0.4) is 0 Å². The lowest BCUT2D eigenvalue weighted by Crippen LogP contribution is -2.11. The Morgan fingerprint density at radius 1 is 0.933 bits per heavy atom. The van der Waals surface area contributed by atoms with Crippen LogP contribution in [0.5, 0.6) is 0 Å². The van der Waals surface area contributed by atoms with Crippen LogP contribution in [0, 0.1) is 5.53 Å². The van der Waals surface area contributed by atoms with Gasteiger partial charge in [-0.25, -0.2) is 0 Å². The Bertz CT molecular complexity index is 173. The van der Waals surface area contributed by atoms with Gasteiger partial charge < -0.3 is 19.3 Å². The minimum Gasteiger partial charge on any atom is -0.394 e. The lowest BCUT2D eigenvalue weighted by Gasteiger charge is -2.04. The molecule has 7 heteroatoms.